The van der Waals surface area contributed by atoms with Crippen LogP contribution in [0.2, 0.25) is 0 Å². The minimum atomic E-state index is 0.535. The third-order valence-corrected chi connectivity index (χ3v) is 5.34. The van der Waals surface area contributed by atoms with E-state index in [1.54, 1.807) is 6.20 Å². The minimum absolute atomic E-state index is 0.535. The molecule has 0 amide bonds. The third-order valence-electron chi connectivity index (χ3n) is 5.34. The molecule has 0 spiro atoms. The Morgan fingerprint density at radius 2 is 2.00 bits per heavy atom. The van der Waals surface area contributed by atoms with Gasteiger partial charge in [0.25, 0.3) is 0 Å². The molecule has 150 valence electrons. The van der Waals surface area contributed by atoms with E-state index in [9.17, 15) is 0 Å². The van der Waals surface area contributed by atoms with Crippen LogP contribution in [0.4, 0.5) is 5.69 Å². The van der Waals surface area contributed by atoms with Crippen molar-refractivity contribution in [3.8, 4) is 5.88 Å². The third kappa shape index (κ3) is 4.57. The molecule has 0 radical (unpaired) electrons. The van der Waals surface area contributed by atoms with Crippen molar-refractivity contribution in [3.05, 3.63) is 66.1 Å². The summed E-state index contributed by atoms with van der Waals surface area (Å²) in [6, 6.07) is 10.2. The van der Waals surface area contributed by atoms with Crippen LogP contribution in [-0.4, -0.2) is 29.8 Å². The molecule has 2 aromatic heterocycles. The highest BCUT2D eigenvalue weighted by atomic mass is 16.5. The summed E-state index contributed by atoms with van der Waals surface area (Å²) in [5, 5.41) is 5.53. The Bertz CT molecular complexity index is 1010. The summed E-state index contributed by atoms with van der Waals surface area (Å²) in [7, 11) is 0. The fourth-order valence-electron chi connectivity index (χ4n) is 3.66. The van der Waals surface area contributed by atoms with Gasteiger partial charge in [0.15, 0.2) is 0 Å². The van der Waals surface area contributed by atoms with E-state index in [0.29, 0.717) is 18.4 Å². The molecule has 29 heavy (non-hydrogen) atoms. The van der Waals surface area contributed by atoms with Crippen LogP contribution in [0.15, 0.2) is 49.3 Å². The highest BCUT2D eigenvalue weighted by molar-refractivity contribution is 5.93. The van der Waals surface area contributed by atoms with Crippen LogP contribution in [0, 0.1) is 19.8 Å². The number of nitrogens with one attached hydrogen (secondary N) is 1. The predicted octanol–water partition coefficient (Wildman–Crippen LogP) is 5.13. The molecule has 1 aliphatic heterocycles. The van der Waals surface area contributed by atoms with Gasteiger partial charge < -0.3 is 14.8 Å². The van der Waals surface area contributed by atoms with Gasteiger partial charge in [-0.1, -0.05) is 12.6 Å². The summed E-state index contributed by atoms with van der Waals surface area (Å²) < 4.78 is 11.6. The first-order chi connectivity index (χ1) is 14.1. The Morgan fingerprint density at radius 1 is 1.17 bits per heavy atom. The fourth-order valence-corrected chi connectivity index (χ4v) is 3.66. The first-order valence-electron chi connectivity index (χ1n) is 10.1. The fraction of sp³-hybridized carbons (Fsp3) is 0.333. The Morgan fingerprint density at radius 3 is 2.76 bits per heavy atom. The van der Waals surface area contributed by atoms with Crippen molar-refractivity contribution in [2.45, 2.75) is 26.7 Å². The maximum atomic E-state index is 6.13. The molecule has 0 atom stereocenters. The smallest absolute Gasteiger partial charge is 0.221 e. The van der Waals surface area contributed by atoms with Gasteiger partial charge in [-0.3, -0.25) is 4.98 Å². The Balaban J connectivity index is 1.53. The number of anilines is 1. The van der Waals surface area contributed by atoms with E-state index in [4.69, 9.17) is 9.47 Å². The number of nitrogens with zero attached hydrogens (tertiary/aromatic N) is 2. The Hall–Kier alpha value is -2.92. The van der Waals surface area contributed by atoms with Gasteiger partial charge in [0.2, 0.25) is 5.88 Å². The van der Waals surface area contributed by atoms with Crippen LogP contribution in [0.1, 0.15) is 29.7 Å². The van der Waals surface area contributed by atoms with Crippen LogP contribution >= 0.6 is 0 Å². The van der Waals surface area contributed by atoms with Crippen molar-refractivity contribution < 1.29 is 9.47 Å². The van der Waals surface area contributed by atoms with E-state index in [1.807, 2.05) is 31.3 Å². The summed E-state index contributed by atoms with van der Waals surface area (Å²) >= 11 is 0. The first kappa shape index (κ1) is 19.4. The number of fused-ring (bicyclic) bond motifs is 1. The minimum Gasteiger partial charge on any atom is -0.477 e. The van der Waals surface area contributed by atoms with E-state index >= 15 is 0 Å². The van der Waals surface area contributed by atoms with Crippen molar-refractivity contribution in [2.24, 2.45) is 5.92 Å². The second-order valence-corrected chi connectivity index (χ2v) is 7.70. The van der Waals surface area contributed by atoms with Crippen LogP contribution in [-0.2, 0) is 4.74 Å². The second kappa shape index (κ2) is 8.62. The van der Waals surface area contributed by atoms with E-state index in [-0.39, 0.29) is 0 Å². The van der Waals surface area contributed by atoms with Crippen molar-refractivity contribution in [2.75, 3.05) is 25.1 Å². The average molecular weight is 389 g/mol. The molecular formula is C24H27N3O2. The zero-order chi connectivity index (χ0) is 20.2. The molecule has 1 saturated heterocycles. The molecule has 0 unspecified atom stereocenters. The SMILES string of the molecule is C=C(Nc1cc(C)c2c(OCC3CCOCC3)nccc2c1)c1ccc(C)cn1. The first-order valence-corrected chi connectivity index (χ1v) is 10.1. The van der Waals surface area contributed by atoms with Crippen molar-refractivity contribution in [3.63, 3.8) is 0 Å². The van der Waals surface area contributed by atoms with Gasteiger partial charge in [-0.05, 0) is 73.4 Å². The summed E-state index contributed by atoms with van der Waals surface area (Å²) in [5.74, 6) is 1.24. The second-order valence-electron chi connectivity index (χ2n) is 7.70. The zero-order valence-electron chi connectivity index (χ0n) is 17.1. The number of hydrogen-bond acceptors (Lipinski definition) is 5. The van der Waals surface area contributed by atoms with Gasteiger partial charge in [-0.2, -0.15) is 0 Å². The molecule has 3 aromatic rings. The molecule has 4 rings (SSSR count). The summed E-state index contributed by atoms with van der Waals surface area (Å²) in [6.07, 6.45) is 5.75. The zero-order valence-corrected chi connectivity index (χ0v) is 17.1. The molecular weight excluding hydrogens is 362 g/mol. The lowest BCUT2D eigenvalue weighted by atomic mass is 10.0. The molecule has 1 fully saturated rings. The molecule has 0 bridgehead atoms. The highest BCUT2D eigenvalue weighted by Crippen LogP contribution is 2.31. The van der Waals surface area contributed by atoms with Crippen LogP contribution in [0.3, 0.4) is 0 Å². The average Bonchev–Trinajstić information content (AvgIpc) is 2.73. The summed E-state index contributed by atoms with van der Waals surface area (Å²) in [4.78, 5) is 8.94. The summed E-state index contributed by atoms with van der Waals surface area (Å²) in [5.41, 5.74) is 4.83. The van der Waals surface area contributed by atoms with E-state index in [1.165, 1.54) is 0 Å². The number of benzene rings is 1. The number of pyridine rings is 2. The van der Waals surface area contributed by atoms with Gasteiger partial charge in [0, 0.05) is 36.7 Å². The van der Waals surface area contributed by atoms with Gasteiger partial charge in [0.05, 0.1) is 18.0 Å². The highest BCUT2D eigenvalue weighted by Gasteiger charge is 2.16. The topological polar surface area (TPSA) is 56.3 Å². The number of rotatable bonds is 6. The number of ether oxygens (including phenoxy) is 2. The summed E-state index contributed by atoms with van der Waals surface area (Å²) in [6.45, 7) is 10.6. The lowest BCUT2D eigenvalue weighted by Gasteiger charge is -2.22. The van der Waals surface area contributed by atoms with Gasteiger partial charge in [0.1, 0.15) is 0 Å². The van der Waals surface area contributed by atoms with Gasteiger partial charge in [-0.25, -0.2) is 4.98 Å². The lowest BCUT2D eigenvalue weighted by Crippen LogP contribution is -2.21. The predicted molar refractivity (Wildman–Crippen MR) is 117 cm³/mol. The molecule has 1 aliphatic rings. The maximum absolute atomic E-state index is 6.13. The molecule has 5 nitrogen and oxygen atoms in total. The van der Waals surface area contributed by atoms with E-state index in [0.717, 1.165) is 65.0 Å². The Labute approximate surface area is 171 Å². The molecule has 3 heterocycles. The number of hydrogen-bond donors (Lipinski definition) is 1. The van der Waals surface area contributed by atoms with E-state index < -0.39 is 0 Å². The Kier molecular flexibility index (Phi) is 5.76. The largest absolute Gasteiger partial charge is 0.477 e. The molecule has 0 saturated carbocycles. The van der Waals surface area contributed by atoms with Crippen molar-refractivity contribution in [1.82, 2.24) is 9.97 Å². The molecule has 0 aliphatic carbocycles. The number of aryl methyl sites for hydroxylation is 2. The quantitative estimate of drug-likeness (QED) is 0.633. The molecule has 5 heteroatoms. The van der Waals surface area contributed by atoms with Crippen LogP contribution in [0.5, 0.6) is 5.88 Å². The maximum Gasteiger partial charge on any atom is 0.221 e. The van der Waals surface area contributed by atoms with E-state index in [2.05, 4.69) is 40.9 Å². The normalized spacial score (nSPS) is 14.7. The van der Waals surface area contributed by atoms with Crippen LogP contribution < -0.4 is 10.1 Å². The van der Waals surface area contributed by atoms with Crippen molar-refractivity contribution in [1.29, 1.82) is 0 Å². The van der Waals surface area contributed by atoms with Crippen molar-refractivity contribution >= 4 is 22.2 Å². The van der Waals surface area contributed by atoms with Gasteiger partial charge in [-0.15, -0.1) is 0 Å². The van der Waals surface area contributed by atoms with Crippen LogP contribution in [0.25, 0.3) is 16.5 Å². The standard InChI is InChI=1S/C24H27N3O2/c1-16-4-5-22(26-14-16)18(3)27-21-12-17(2)23-20(13-21)6-9-25-24(23)29-15-19-7-10-28-11-8-19/h4-6,9,12-14,19,27H,3,7-8,10-11,15H2,1-2H3. The van der Waals surface area contributed by atoms with Gasteiger partial charge >= 0.3 is 0 Å². The molecule has 1 aromatic carbocycles. The lowest BCUT2D eigenvalue weighted by molar-refractivity contribution is 0.0493. The monoisotopic (exact) mass is 389 g/mol. The molecule has 1 N–H and O–H groups in total. The number of aromatic nitrogens is 2.